The van der Waals surface area contributed by atoms with Gasteiger partial charge in [-0.15, -0.1) is 0 Å². The van der Waals surface area contributed by atoms with Crippen LogP contribution in [0.25, 0.3) is 86.2 Å². The Morgan fingerprint density at radius 3 is 0.967 bits per heavy atom. The molecule has 8 aliphatic heterocycles. The van der Waals surface area contributed by atoms with Gasteiger partial charge in [0.25, 0.3) is 0 Å². The normalized spacial score (nSPS) is 19.4. The molecule has 0 aliphatic carbocycles. The fourth-order valence-electron chi connectivity index (χ4n) is 21.5. The second-order valence-electron chi connectivity index (χ2n) is 32.8. The first-order chi connectivity index (χ1) is 59.5. The molecule has 6 atom stereocenters. The van der Waals surface area contributed by atoms with E-state index in [0.29, 0.717) is 48.5 Å². The minimum absolute atomic E-state index is 0. The van der Waals surface area contributed by atoms with Crippen molar-refractivity contribution in [1.29, 1.82) is 0 Å². The number of methoxy groups -OCH3 is 12. The summed E-state index contributed by atoms with van der Waals surface area (Å²) in [5, 5.41) is 83.5. The molecule has 12 aromatic carbocycles. The summed E-state index contributed by atoms with van der Waals surface area (Å²) in [6.07, 6.45) is 13.6. The predicted molar refractivity (Wildman–Crippen MR) is 480 cm³/mol. The average Bonchev–Trinajstić information content (AvgIpc) is 1.72. The Hall–Kier alpha value is -9.43. The maximum absolute atomic E-state index is 13.6. The van der Waals surface area contributed by atoms with Gasteiger partial charge in [0.1, 0.15) is 36.1 Å². The molecule has 0 bridgehead atoms. The molecule has 8 heterocycles. The van der Waals surface area contributed by atoms with Crippen LogP contribution in [0.5, 0.6) is 69.0 Å². The zero-order valence-corrected chi connectivity index (χ0v) is 74.7. The van der Waals surface area contributed by atoms with E-state index in [-0.39, 0.29) is 54.1 Å². The van der Waals surface area contributed by atoms with E-state index >= 15 is 0 Å². The van der Waals surface area contributed by atoms with Crippen molar-refractivity contribution in [2.75, 3.05) is 111 Å². The van der Waals surface area contributed by atoms with E-state index in [2.05, 4.69) is 107 Å². The van der Waals surface area contributed by atoms with E-state index < -0.39 is 0 Å². The van der Waals surface area contributed by atoms with Gasteiger partial charge in [0, 0.05) is 97.1 Å². The number of fused-ring (bicyclic) bond motifs is 28. The van der Waals surface area contributed by atoms with E-state index in [4.69, 9.17) is 67.4 Å². The van der Waals surface area contributed by atoms with Crippen molar-refractivity contribution in [3.05, 3.63) is 169 Å². The third-order valence-corrected chi connectivity index (χ3v) is 27.4. The molecule has 1 radical (unpaired) electrons. The average molecular weight is 1760 g/mol. The number of quaternary nitrogens is 2. The standard InChI is InChI=1S/C24H27NO5.3C24H27NO4.BHNS.BrH.H2O2/c1-28-22-9-18-16(7-14(22)13-26)19-10-23(29-2)24(30-3)11-20(19)21-12-25(27)6-4-5-15(25)8-17(18)21;3*1-27-22-9-18-16(7-14(22)13-26)19-10-23(28-2)24(29-3)11-20(19)21-12-25-6-4-5-15(25)8-17(18)21;1-2-3;;1-2/h7,9-11,15,26H,4-6,8,12-13H2,1-3H3;3*7,9-11,15,26H,4-6,8,12-13H2,1-3H3;3H;1H;1-2H. The summed E-state index contributed by atoms with van der Waals surface area (Å²) in [4.78, 5) is 6.93. The number of ether oxygens (including phenoxy) is 12. The molecule has 4 saturated heterocycles. The molecule has 651 valence electrons. The number of thiol groups is 1. The van der Waals surface area contributed by atoms with Crippen LogP contribution in [-0.2, 0) is 78.3 Å². The second kappa shape index (κ2) is 38.6. The first kappa shape index (κ1) is 89.8. The molecule has 27 heteroatoms. The zero-order chi connectivity index (χ0) is 86.1. The quantitative estimate of drug-likeness (QED) is 0.00849. The van der Waals surface area contributed by atoms with Crippen LogP contribution in [0.1, 0.15) is 118 Å². The number of benzene rings is 12. The molecule has 0 aromatic heterocycles. The molecular formula is C96H112BBrN5O19S. The summed E-state index contributed by atoms with van der Waals surface area (Å²) in [6.45, 7) is 7.47. The van der Waals surface area contributed by atoms with Crippen molar-refractivity contribution in [2.45, 2.75) is 154 Å². The smallest absolute Gasteiger partial charge is 1.00 e. The van der Waals surface area contributed by atoms with Crippen molar-refractivity contribution in [3.63, 3.8) is 0 Å². The first-order valence-corrected chi connectivity index (χ1v) is 42.3. The maximum atomic E-state index is 13.6. The van der Waals surface area contributed by atoms with Crippen molar-refractivity contribution in [1.82, 2.24) is 9.80 Å². The number of hydroxylamine groups is 3. The van der Waals surface area contributed by atoms with E-state index in [9.17, 15) is 25.6 Å². The maximum Gasteiger partial charge on any atom is -1.00 e. The fourth-order valence-corrected chi connectivity index (χ4v) is 21.5. The number of hydrogen-bond acceptors (Lipinski definition) is 23. The summed E-state index contributed by atoms with van der Waals surface area (Å²) >= 11 is 3.19. The summed E-state index contributed by atoms with van der Waals surface area (Å²) in [5.41, 5.74) is 13.9. The van der Waals surface area contributed by atoms with E-state index in [1.54, 1.807) is 90.2 Å². The monoisotopic (exact) mass is 1760 g/mol. The molecule has 0 spiro atoms. The van der Waals surface area contributed by atoms with Gasteiger partial charge in [-0.25, -0.2) is 0 Å². The molecule has 7 N–H and O–H groups in total. The summed E-state index contributed by atoms with van der Waals surface area (Å²) < 4.78 is 69.7. The Morgan fingerprint density at radius 1 is 0.366 bits per heavy atom. The van der Waals surface area contributed by atoms with Gasteiger partial charge < -0.3 is 109 Å². The van der Waals surface area contributed by atoms with Gasteiger partial charge in [-0.05, 0) is 268 Å². The van der Waals surface area contributed by atoms with Crippen molar-refractivity contribution < 1.29 is 114 Å². The summed E-state index contributed by atoms with van der Waals surface area (Å²) in [5.74, 6) is 8.65. The SMILES string of the molecule is COc1cc2c3c(c4cc(OC)c(OC)cc4c2cc1CO)CN1CCCC1C3.COc1cc2c3c(c4cc(OC)c(OC)cc4c2cc1CO)CN1CCCC1C3.COc1cc2c3c(c4cc(OC)c(OC)cc4c2cc1CO)C[N+]1([O-])CCCC1C3.COc1cc2c3c(c4cc(OC)c(OC)cc4c2cc1CO)C[NH+]1CCCC1C3.OO.[B]=NS.[Br-]. The Kier molecular flexibility index (Phi) is 28.2. The Bertz CT molecular complexity index is 5320. The van der Waals surface area contributed by atoms with Crippen LogP contribution in [0.2, 0.25) is 0 Å². The third-order valence-electron chi connectivity index (χ3n) is 27.4. The van der Waals surface area contributed by atoms with E-state index in [1.807, 2.05) is 24.3 Å². The van der Waals surface area contributed by atoms with Gasteiger partial charge in [-0.1, -0.05) is 0 Å². The Labute approximate surface area is 734 Å². The molecule has 4 fully saturated rings. The number of nitrogens with zero attached hydrogens (tertiary/aromatic N) is 4. The molecule has 20 rings (SSSR count). The minimum atomic E-state index is -0.131. The van der Waals surface area contributed by atoms with Crippen LogP contribution in [0.15, 0.2) is 101 Å². The van der Waals surface area contributed by atoms with Gasteiger partial charge in [0.2, 0.25) is 0 Å². The van der Waals surface area contributed by atoms with Gasteiger partial charge in [0.15, 0.2) is 46.0 Å². The molecular weight excluding hydrogens is 1650 g/mol. The first-order valence-electron chi connectivity index (χ1n) is 41.9. The Balaban J connectivity index is 0.000000131. The molecule has 8 aliphatic rings. The summed E-state index contributed by atoms with van der Waals surface area (Å²) in [6, 6.07) is 35.2. The number of rotatable bonds is 16. The number of aliphatic hydroxyl groups excluding tert-OH is 4. The number of aliphatic hydroxyl groups is 4. The minimum Gasteiger partial charge on any atom is -1.00 e. The molecule has 123 heavy (non-hydrogen) atoms. The van der Waals surface area contributed by atoms with Crippen molar-refractivity contribution in [2.24, 2.45) is 4.30 Å². The van der Waals surface area contributed by atoms with Crippen molar-refractivity contribution in [3.8, 4) is 69.0 Å². The molecule has 24 nitrogen and oxygen atoms in total. The fraction of sp³-hybridized carbons (Fsp3) is 0.417. The van der Waals surface area contributed by atoms with Crippen LogP contribution in [-0.4, -0.2) is 189 Å². The number of halogens is 1. The topological polar surface area (TPSA) is 278 Å². The van der Waals surface area contributed by atoms with Crippen LogP contribution in [0.3, 0.4) is 0 Å². The van der Waals surface area contributed by atoms with Crippen molar-refractivity contribution >= 4 is 107 Å². The van der Waals surface area contributed by atoms with Gasteiger partial charge in [-0.3, -0.25) is 20.3 Å². The van der Waals surface area contributed by atoms with Crippen LogP contribution >= 0.6 is 12.8 Å². The molecule has 0 amide bonds. The number of nitrogens with one attached hydrogen (secondary N) is 1. The zero-order valence-electron chi connectivity index (χ0n) is 72.2. The number of hydrogen-bond donors (Lipinski definition) is 8. The van der Waals surface area contributed by atoms with E-state index in [1.165, 1.54) is 129 Å². The third kappa shape index (κ3) is 16.3. The van der Waals surface area contributed by atoms with Crippen LogP contribution in [0.4, 0.5) is 0 Å². The van der Waals surface area contributed by atoms with Gasteiger partial charge in [0.05, 0.1) is 137 Å². The largest absolute Gasteiger partial charge is 1.00 e. The van der Waals surface area contributed by atoms with Crippen LogP contribution < -0.4 is 78.7 Å². The van der Waals surface area contributed by atoms with Crippen LogP contribution in [0, 0.1) is 5.21 Å². The molecule has 12 aromatic rings. The predicted octanol–water partition coefficient (Wildman–Crippen LogP) is 11.9. The molecule has 0 saturated carbocycles. The van der Waals surface area contributed by atoms with Gasteiger partial charge >= 0.3 is 24.8 Å². The summed E-state index contributed by atoms with van der Waals surface area (Å²) in [7, 11) is 24.3. The van der Waals surface area contributed by atoms with E-state index in [0.717, 1.165) is 192 Å². The molecule has 6 unspecified atom stereocenters. The second-order valence-corrected chi connectivity index (χ2v) is 33.1. The Morgan fingerprint density at radius 2 is 0.642 bits per heavy atom. The van der Waals surface area contributed by atoms with Gasteiger partial charge in [-0.2, -0.15) is 0 Å².